The van der Waals surface area contributed by atoms with Crippen LogP contribution in [0.2, 0.25) is 0 Å². The van der Waals surface area contributed by atoms with Gasteiger partial charge >= 0.3 is 0 Å². The van der Waals surface area contributed by atoms with E-state index >= 15 is 0 Å². The number of hydrogen-bond donors (Lipinski definition) is 0. The number of rotatable bonds is 7. The number of hydrogen-bond acceptors (Lipinski definition) is 2. The van der Waals surface area contributed by atoms with Crippen molar-refractivity contribution in [3.8, 4) is 55.6 Å². The molecule has 0 N–H and O–H groups in total. The molecule has 2 aliphatic heterocycles. The average molecular weight is 865 g/mol. The van der Waals surface area contributed by atoms with Gasteiger partial charge in [0.2, 0.25) is 0 Å². The van der Waals surface area contributed by atoms with Crippen LogP contribution in [0.25, 0.3) is 66.4 Å². The van der Waals surface area contributed by atoms with E-state index in [-0.39, 0.29) is 6.71 Å². The van der Waals surface area contributed by atoms with Crippen LogP contribution in [0.1, 0.15) is 5.56 Å². The molecule has 2 aliphatic rings. The number of nitrogens with zero attached hydrogens (tertiary/aromatic N) is 2. The minimum Gasteiger partial charge on any atom is -0.311 e. The van der Waals surface area contributed by atoms with Crippen molar-refractivity contribution >= 4 is 68.0 Å². The molecule has 3 heteroatoms. The molecular formula is C65H45BN2. The summed E-state index contributed by atoms with van der Waals surface area (Å²) in [6, 6.07) is 94.2. The standard InChI is InChI=1S/C65H45BN2/c1-44-38-63-65-64(39-44)68(60-35-30-52(46-18-8-3-9-19-46)41-57(60)55-27-26-49-24-14-15-25-51(49)40-55)62-37-32-54(48-22-12-5-13-23-48)43-59(62)66(65)58-42-53(47-20-10-4-11-21-47)31-36-61(58)67(63)56-33-28-50(29-34-56)45-16-6-2-7-17-45/h2-43H,1H3. The molecule has 0 amide bonds. The van der Waals surface area contributed by atoms with Crippen LogP contribution in [0.15, 0.2) is 255 Å². The third kappa shape index (κ3) is 6.74. The summed E-state index contributed by atoms with van der Waals surface area (Å²) in [5, 5.41) is 2.45. The molecule has 2 nitrogen and oxygen atoms in total. The van der Waals surface area contributed by atoms with Gasteiger partial charge in [-0.25, -0.2) is 0 Å². The van der Waals surface area contributed by atoms with E-state index in [4.69, 9.17) is 0 Å². The highest BCUT2D eigenvalue weighted by Gasteiger charge is 2.44. The minimum atomic E-state index is -0.0540. The lowest BCUT2D eigenvalue weighted by atomic mass is 9.33. The Balaban J connectivity index is 1.10. The van der Waals surface area contributed by atoms with E-state index in [0.29, 0.717) is 0 Å². The number of anilines is 6. The van der Waals surface area contributed by atoms with Gasteiger partial charge in [-0.05, 0) is 144 Å². The Morgan fingerprint density at radius 2 is 0.691 bits per heavy atom. The van der Waals surface area contributed by atoms with Gasteiger partial charge in [-0.2, -0.15) is 0 Å². The van der Waals surface area contributed by atoms with Gasteiger partial charge in [0.25, 0.3) is 6.71 Å². The molecule has 68 heavy (non-hydrogen) atoms. The van der Waals surface area contributed by atoms with E-state index in [1.165, 1.54) is 111 Å². The molecule has 2 heterocycles. The van der Waals surface area contributed by atoms with Crippen molar-refractivity contribution in [2.75, 3.05) is 9.80 Å². The van der Waals surface area contributed by atoms with Crippen LogP contribution in [-0.4, -0.2) is 6.71 Å². The molecule has 0 spiro atoms. The summed E-state index contributed by atoms with van der Waals surface area (Å²) in [5.41, 5.74) is 24.1. The number of aryl methyl sites for hydroxylation is 1. The zero-order chi connectivity index (χ0) is 45.1. The van der Waals surface area contributed by atoms with E-state index < -0.39 is 0 Å². The van der Waals surface area contributed by atoms with Gasteiger partial charge in [0.1, 0.15) is 0 Å². The number of fused-ring (bicyclic) bond motifs is 5. The normalized spacial score (nSPS) is 12.4. The molecule has 0 bridgehead atoms. The van der Waals surface area contributed by atoms with Crippen LogP contribution in [0.4, 0.5) is 34.1 Å². The largest absolute Gasteiger partial charge is 0.311 e. The van der Waals surface area contributed by atoms with Crippen LogP contribution in [0.3, 0.4) is 0 Å². The lowest BCUT2D eigenvalue weighted by Crippen LogP contribution is -2.61. The van der Waals surface area contributed by atoms with Gasteiger partial charge < -0.3 is 9.80 Å². The van der Waals surface area contributed by atoms with E-state index in [1.54, 1.807) is 0 Å². The van der Waals surface area contributed by atoms with E-state index in [2.05, 4.69) is 272 Å². The van der Waals surface area contributed by atoms with Crippen molar-refractivity contribution < 1.29 is 0 Å². The van der Waals surface area contributed by atoms with Gasteiger partial charge in [-0.3, -0.25) is 0 Å². The average Bonchev–Trinajstić information content (AvgIpc) is 3.41. The van der Waals surface area contributed by atoms with Crippen molar-refractivity contribution in [1.29, 1.82) is 0 Å². The second kappa shape index (κ2) is 16.3. The predicted octanol–water partition coefficient (Wildman–Crippen LogP) is 15.6. The van der Waals surface area contributed by atoms with Crippen molar-refractivity contribution in [2.24, 2.45) is 0 Å². The highest BCUT2D eigenvalue weighted by atomic mass is 15.2. The Morgan fingerprint density at radius 3 is 1.25 bits per heavy atom. The molecule has 11 aromatic carbocycles. The fourth-order valence-corrected chi connectivity index (χ4v) is 10.9. The lowest BCUT2D eigenvalue weighted by Gasteiger charge is -2.45. The van der Waals surface area contributed by atoms with Gasteiger partial charge in [0, 0.05) is 34.0 Å². The van der Waals surface area contributed by atoms with Crippen LogP contribution in [-0.2, 0) is 0 Å². The van der Waals surface area contributed by atoms with E-state index in [1.807, 2.05) is 0 Å². The third-order valence-corrected chi connectivity index (χ3v) is 14.1. The maximum Gasteiger partial charge on any atom is 0.252 e. The lowest BCUT2D eigenvalue weighted by molar-refractivity contribution is 1.24. The molecule has 318 valence electrons. The first-order valence-electron chi connectivity index (χ1n) is 23.6. The molecule has 0 aliphatic carbocycles. The first kappa shape index (κ1) is 39.7. The molecule has 13 rings (SSSR count). The van der Waals surface area contributed by atoms with Gasteiger partial charge in [0.05, 0.1) is 5.69 Å². The summed E-state index contributed by atoms with van der Waals surface area (Å²) >= 11 is 0. The molecule has 11 aromatic rings. The minimum absolute atomic E-state index is 0.0540. The van der Waals surface area contributed by atoms with Crippen LogP contribution in [0.5, 0.6) is 0 Å². The zero-order valence-electron chi connectivity index (χ0n) is 37.7. The molecule has 0 unspecified atom stereocenters. The topological polar surface area (TPSA) is 6.48 Å². The fraction of sp³-hybridized carbons (Fsp3) is 0.0154. The second-order valence-electron chi connectivity index (χ2n) is 18.2. The number of benzene rings is 11. The summed E-state index contributed by atoms with van der Waals surface area (Å²) < 4.78 is 0. The highest BCUT2D eigenvalue weighted by Crippen LogP contribution is 2.48. The molecule has 0 radical (unpaired) electrons. The molecule has 0 saturated heterocycles. The molecular weight excluding hydrogens is 820 g/mol. The van der Waals surface area contributed by atoms with Gasteiger partial charge in [-0.1, -0.05) is 200 Å². The first-order valence-corrected chi connectivity index (χ1v) is 23.6. The molecule has 0 fully saturated rings. The van der Waals surface area contributed by atoms with Crippen LogP contribution >= 0.6 is 0 Å². The Kier molecular flexibility index (Phi) is 9.54. The maximum atomic E-state index is 2.58. The quantitative estimate of drug-likeness (QED) is 0.147. The predicted molar refractivity (Wildman–Crippen MR) is 290 cm³/mol. The van der Waals surface area contributed by atoms with Gasteiger partial charge in [0.15, 0.2) is 0 Å². The second-order valence-corrected chi connectivity index (χ2v) is 18.2. The fourth-order valence-electron chi connectivity index (χ4n) is 10.9. The van der Waals surface area contributed by atoms with E-state index in [0.717, 1.165) is 11.4 Å². The first-order chi connectivity index (χ1) is 33.6. The highest BCUT2D eigenvalue weighted by molar-refractivity contribution is 7.00. The summed E-state index contributed by atoms with van der Waals surface area (Å²) in [6.07, 6.45) is 0. The smallest absolute Gasteiger partial charge is 0.252 e. The Labute approximate surface area is 398 Å². The van der Waals surface area contributed by atoms with Crippen LogP contribution in [0, 0.1) is 6.92 Å². The Hall–Kier alpha value is -8.66. The Bertz CT molecular complexity index is 3680. The molecule has 0 atom stereocenters. The maximum absolute atomic E-state index is 2.58. The third-order valence-electron chi connectivity index (χ3n) is 14.1. The van der Waals surface area contributed by atoms with Gasteiger partial charge in [-0.15, -0.1) is 0 Å². The summed E-state index contributed by atoms with van der Waals surface area (Å²) in [4.78, 5) is 5.10. The SMILES string of the molecule is Cc1cc2c3c(c1)N(c1ccc(-c4ccccc4)cc1-c1ccc4ccccc4c1)c1ccc(-c4ccccc4)cc1B3c1cc(-c3ccccc3)ccc1N2c1ccc(-c2ccccc2)cc1. The Morgan fingerprint density at radius 1 is 0.279 bits per heavy atom. The van der Waals surface area contributed by atoms with Crippen molar-refractivity contribution in [2.45, 2.75) is 6.92 Å². The summed E-state index contributed by atoms with van der Waals surface area (Å²) in [7, 11) is 0. The molecule has 0 aromatic heterocycles. The molecule has 0 saturated carbocycles. The van der Waals surface area contributed by atoms with Crippen LogP contribution < -0.4 is 26.2 Å². The van der Waals surface area contributed by atoms with Crippen molar-refractivity contribution in [1.82, 2.24) is 0 Å². The van der Waals surface area contributed by atoms with E-state index in [9.17, 15) is 0 Å². The zero-order valence-corrected chi connectivity index (χ0v) is 37.7. The summed E-state index contributed by atoms with van der Waals surface area (Å²) in [6.45, 7) is 2.20. The van der Waals surface area contributed by atoms with Crippen molar-refractivity contribution in [3.05, 3.63) is 260 Å². The van der Waals surface area contributed by atoms with Crippen molar-refractivity contribution in [3.63, 3.8) is 0 Å². The monoisotopic (exact) mass is 864 g/mol. The summed E-state index contributed by atoms with van der Waals surface area (Å²) in [5.74, 6) is 0.